The van der Waals surface area contributed by atoms with Crippen molar-refractivity contribution >= 4 is 53.3 Å². The first-order valence-electron chi connectivity index (χ1n) is 19.6. The molecule has 1 atom stereocenters. The van der Waals surface area contributed by atoms with Gasteiger partial charge in [-0.15, -0.1) is 12.6 Å². The molecule has 0 heterocycles. The van der Waals surface area contributed by atoms with E-state index < -0.39 is 29.0 Å². The summed E-state index contributed by atoms with van der Waals surface area (Å²) in [6.07, 6.45) is 15.5. The zero-order chi connectivity index (χ0) is 40.8. The van der Waals surface area contributed by atoms with Gasteiger partial charge in [0, 0.05) is 32.4 Å². The summed E-state index contributed by atoms with van der Waals surface area (Å²) in [6, 6.07) is -1.14. The van der Waals surface area contributed by atoms with E-state index in [9.17, 15) is 38.7 Å². The highest BCUT2D eigenvalue weighted by Gasteiger charge is 2.20. The number of nitrogens with one attached hydrogen (secondary N) is 4. The highest BCUT2D eigenvalue weighted by molar-refractivity contribution is 7.96. The van der Waals surface area contributed by atoms with E-state index >= 15 is 0 Å². The highest BCUT2D eigenvalue weighted by atomic mass is 32.1. The second-order valence-electron chi connectivity index (χ2n) is 13.0. The summed E-state index contributed by atoms with van der Waals surface area (Å²) < 4.78 is 21.0. The average molecular weight is 807 g/mol. The van der Waals surface area contributed by atoms with Crippen molar-refractivity contribution in [1.82, 2.24) is 21.3 Å². The van der Waals surface area contributed by atoms with Gasteiger partial charge in [0.1, 0.15) is 19.3 Å². The molecule has 55 heavy (non-hydrogen) atoms. The van der Waals surface area contributed by atoms with E-state index in [1.54, 1.807) is 0 Å². The molecule has 0 radical (unpaired) electrons. The van der Waals surface area contributed by atoms with Crippen molar-refractivity contribution < 1.29 is 62.7 Å². The van der Waals surface area contributed by atoms with Gasteiger partial charge in [-0.25, -0.2) is 4.79 Å². The third-order valence-electron chi connectivity index (χ3n) is 8.12. The first kappa shape index (κ1) is 51.7. The van der Waals surface area contributed by atoms with Crippen LogP contribution < -0.4 is 21.3 Å². The topological polar surface area (TPSA) is 245 Å². The number of unbranched alkanes of at least 4 members (excludes halogenated alkanes) is 13. The Morgan fingerprint density at radius 2 is 0.891 bits per heavy atom. The molecule has 0 unspecified atom stereocenters. The molecule has 0 saturated carbocycles. The molecule has 0 aliphatic rings. The average Bonchev–Trinajstić information content (AvgIpc) is 3.14. The number of hydrogen-bond donors (Lipinski definition) is 7. The van der Waals surface area contributed by atoms with Crippen molar-refractivity contribution in [2.45, 2.75) is 122 Å². The maximum atomic E-state index is 12.3. The SMILES string of the molecule is O=C(O)CCCCCCCCCCCCCCCCC(=O)N[C@@H](CCC(=O)NCCOCCOCC(=O)NCCOCCOCC(=O)NCC(=O)S)C(=O)O. The van der Waals surface area contributed by atoms with Crippen LogP contribution in [-0.4, -0.2) is 129 Å². The molecule has 0 aliphatic carbocycles. The van der Waals surface area contributed by atoms with E-state index in [1.807, 2.05) is 0 Å². The standard InChI is InChI=1S/C37H66N4O13S/c42-31(38-19-21-51-23-25-53-28-33(44)39-20-22-52-24-26-54-29-34(45)40-27-36(48)55)18-17-30(37(49)50)41-32(43)15-13-11-9-7-5-3-1-2-4-6-8-10-12-14-16-35(46)47/h30H,1-29H2,(H,38,42)(H,39,44)(H,40,45)(H,41,43)(H,46,47)(H,48,55)(H,49,50)/t30-/m0/s1. The van der Waals surface area contributed by atoms with Crippen LogP contribution >= 0.6 is 12.6 Å². The number of rotatable bonds is 40. The number of amides is 4. The predicted octanol–water partition coefficient (Wildman–Crippen LogP) is 2.53. The fourth-order valence-electron chi connectivity index (χ4n) is 5.14. The van der Waals surface area contributed by atoms with Crippen LogP contribution in [0.25, 0.3) is 0 Å². The zero-order valence-corrected chi connectivity index (χ0v) is 33.3. The van der Waals surface area contributed by atoms with Crippen molar-refractivity contribution in [1.29, 1.82) is 0 Å². The molecule has 0 aliphatic heterocycles. The smallest absolute Gasteiger partial charge is 0.326 e. The molecule has 0 bridgehead atoms. The summed E-state index contributed by atoms with van der Waals surface area (Å²) in [5, 5.41) is 27.8. The molecule has 0 saturated heterocycles. The molecule has 0 spiro atoms. The van der Waals surface area contributed by atoms with E-state index in [1.165, 1.54) is 44.9 Å². The van der Waals surface area contributed by atoms with Crippen molar-refractivity contribution in [3.8, 4) is 0 Å². The maximum absolute atomic E-state index is 12.3. The Labute approximate surface area is 330 Å². The first-order chi connectivity index (χ1) is 26.5. The first-order valence-corrected chi connectivity index (χ1v) is 20.0. The number of thiol groups is 1. The number of hydrogen-bond acceptors (Lipinski definition) is 11. The number of aliphatic carboxylic acids is 2. The van der Waals surface area contributed by atoms with E-state index in [-0.39, 0.29) is 116 Å². The van der Waals surface area contributed by atoms with Gasteiger partial charge < -0.3 is 50.4 Å². The second kappa shape index (κ2) is 37.6. The molecule has 0 aromatic heterocycles. The normalized spacial score (nSPS) is 11.4. The summed E-state index contributed by atoms with van der Waals surface area (Å²) >= 11 is 3.54. The summed E-state index contributed by atoms with van der Waals surface area (Å²) in [6.45, 7) is 1.10. The van der Waals surface area contributed by atoms with Crippen LogP contribution in [0.1, 0.15) is 116 Å². The fraction of sp³-hybridized carbons (Fsp3) is 0.811. The summed E-state index contributed by atoms with van der Waals surface area (Å²) in [5.41, 5.74) is 0. The largest absolute Gasteiger partial charge is 0.481 e. The molecule has 0 fully saturated rings. The summed E-state index contributed by atoms with van der Waals surface area (Å²) in [7, 11) is 0. The van der Waals surface area contributed by atoms with E-state index in [0.29, 0.717) is 6.42 Å². The Hall–Kier alpha value is -3.32. The van der Waals surface area contributed by atoms with Gasteiger partial charge in [-0.3, -0.25) is 28.8 Å². The Morgan fingerprint density at radius 1 is 0.473 bits per heavy atom. The van der Waals surface area contributed by atoms with Gasteiger partial charge in [0.05, 0.1) is 46.2 Å². The molecule has 17 nitrogen and oxygen atoms in total. The van der Waals surface area contributed by atoms with Crippen molar-refractivity contribution in [2.24, 2.45) is 0 Å². The third-order valence-corrected chi connectivity index (χ3v) is 8.28. The number of carboxylic acid groups (broad SMARTS) is 2. The number of carboxylic acids is 2. The molecular formula is C37H66N4O13S. The molecule has 18 heteroatoms. The van der Waals surface area contributed by atoms with Gasteiger partial charge >= 0.3 is 11.9 Å². The number of ether oxygens (including phenoxy) is 4. The molecule has 4 amide bonds. The molecule has 318 valence electrons. The Balaban J connectivity index is 3.66. The monoisotopic (exact) mass is 806 g/mol. The third kappa shape index (κ3) is 38.7. The predicted molar refractivity (Wildman–Crippen MR) is 207 cm³/mol. The van der Waals surface area contributed by atoms with Crippen LogP contribution in [0.3, 0.4) is 0 Å². The van der Waals surface area contributed by atoms with Gasteiger partial charge in [0.2, 0.25) is 28.7 Å². The zero-order valence-electron chi connectivity index (χ0n) is 32.4. The minimum atomic E-state index is -1.19. The van der Waals surface area contributed by atoms with Crippen LogP contribution in [0.4, 0.5) is 0 Å². The lowest BCUT2D eigenvalue weighted by molar-refractivity contribution is -0.142. The lowest BCUT2D eigenvalue weighted by Gasteiger charge is -2.14. The van der Waals surface area contributed by atoms with Crippen molar-refractivity contribution in [3.05, 3.63) is 0 Å². The van der Waals surface area contributed by atoms with Crippen LogP contribution in [-0.2, 0) is 52.5 Å². The minimum absolute atomic E-state index is 0.0286. The highest BCUT2D eigenvalue weighted by Crippen LogP contribution is 2.14. The summed E-state index contributed by atoms with van der Waals surface area (Å²) in [4.78, 5) is 80.4. The van der Waals surface area contributed by atoms with E-state index in [0.717, 1.165) is 38.5 Å². The quantitative estimate of drug-likeness (QED) is 0.0348. The Kier molecular flexibility index (Phi) is 35.3. The minimum Gasteiger partial charge on any atom is -0.481 e. The van der Waals surface area contributed by atoms with Gasteiger partial charge in [-0.2, -0.15) is 0 Å². The van der Waals surface area contributed by atoms with Gasteiger partial charge in [-0.1, -0.05) is 77.0 Å². The molecule has 0 aromatic rings. The van der Waals surface area contributed by atoms with Crippen LogP contribution in [0.15, 0.2) is 0 Å². The van der Waals surface area contributed by atoms with Gasteiger partial charge in [0.25, 0.3) is 0 Å². The maximum Gasteiger partial charge on any atom is 0.326 e. The number of carbonyl (C=O) groups is 7. The van der Waals surface area contributed by atoms with E-state index in [4.69, 9.17) is 24.1 Å². The Bertz CT molecular complexity index is 1080. The molecular weight excluding hydrogens is 740 g/mol. The van der Waals surface area contributed by atoms with Crippen LogP contribution in [0.2, 0.25) is 0 Å². The molecule has 0 rings (SSSR count). The van der Waals surface area contributed by atoms with Crippen LogP contribution in [0, 0.1) is 0 Å². The fourth-order valence-corrected chi connectivity index (χ4v) is 5.22. The van der Waals surface area contributed by atoms with E-state index in [2.05, 4.69) is 33.9 Å². The molecule has 0 aromatic carbocycles. The lowest BCUT2D eigenvalue weighted by atomic mass is 10.0. The Morgan fingerprint density at radius 3 is 1.35 bits per heavy atom. The van der Waals surface area contributed by atoms with Crippen LogP contribution in [0.5, 0.6) is 0 Å². The van der Waals surface area contributed by atoms with Crippen molar-refractivity contribution in [3.63, 3.8) is 0 Å². The van der Waals surface area contributed by atoms with Gasteiger partial charge in [0.15, 0.2) is 0 Å². The second-order valence-corrected chi connectivity index (χ2v) is 13.5. The van der Waals surface area contributed by atoms with Crippen molar-refractivity contribution in [2.75, 3.05) is 72.5 Å². The number of carbonyl (C=O) groups excluding carboxylic acids is 5. The summed E-state index contributed by atoms with van der Waals surface area (Å²) in [5.74, 6) is -3.36. The molecule has 6 N–H and O–H groups in total. The van der Waals surface area contributed by atoms with Gasteiger partial charge in [-0.05, 0) is 19.3 Å². The lowest BCUT2D eigenvalue weighted by Crippen LogP contribution is -2.41.